The summed E-state index contributed by atoms with van der Waals surface area (Å²) in [6.45, 7) is 6.84. The second kappa shape index (κ2) is 3.86. The van der Waals surface area contributed by atoms with Gasteiger partial charge in [-0.15, -0.1) is 0 Å². The molecule has 0 bridgehead atoms. The Morgan fingerprint density at radius 3 is 2.62 bits per heavy atom. The second-order valence-electron chi connectivity index (χ2n) is 4.87. The van der Waals surface area contributed by atoms with E-state index in [1.165, 1.54) is 5.56 Å². The first-order valence-corrected chi connectivity index (χ1v) is 6.00. The molecule has 86 valence electrons. The van der Waals surface area contributed by atoms with Gasteiger partial charge in [-0.25, -0.2) is 4.98 Å². The zero-order valence-corrected chi connectivity index (χ0v) is 11.3. The lowest BCUT2D eigenvalue weighted by atomic mass is 9.87. The standard InChI is InChI=1S/C12H15BrN2O/c1-12(2,3)7-4-8(13)11-9(5-7)15-10(6-14)16-11/h4-5H,6,14H2,1-3H3. The molecule has 0 fully saturated rings. The Balaban J connectivity index is 2.67. The number of hydrogen-bond acceptors (Lipinski definition) is 3. The van der Waals surface area contributed by atoms with Gasteiger partial charge in [-0.1, -0.05) is 20.8 Å². The van der Waals surface area contributed by atoms with Gasteiger partial charge in [0, 0.05) is 0 Å². The van der Waals surface area contributed by atoms with Crippen molar-refractivity contribution in [3.8, 4) is 0 Å². The van der Waals surface area contributed by atoms with Crippen molar-refractivity contribution in [3.63, 3.8) is 0 Å². The summed E-state index contributed by atoms with van der Waals surface area (Å²) >= 11 is 3.51. The van der Waals surface area contributed by atoms with Crippen LogP contribution in [0.2, 0.25) is 0 Å². The minimum Gasteiger partial charge on any atom is -0.438 e. The molecule has 16 heavy (non-hydrogen) atoms. The molecule has 2 aromatic rings. The third kappa shape index (κ3) is 1.99. The minimum atomic E-state index is 0.0958. The van der Waals surface area contributed by atoms with Crippen LogP contribution in [0.15, 0.2) is 21.0 Å². The molecule has 2 N–H and O–H groups in total. The molecule has 0 amide bonds. The summed E-state index contributed by atoms with van der Waals surface area (Å²) in [7, 11) is 0. The Morgan fingerprint density at radius 1 is 1.38 bits per heavy atom. The summed E-state index contributed by atoms with van der Waals surface area (Å²) < 4.78 is 6.47. The van der Waals surface area contributed by atoms with Crippen LogP contribution in [0.1, 0.15) is 32.2 Å². The average Bonchev–Trinajstić information content (AvgIpc) is 2.59. The summed E-state index contributed by atoms with van der Waals surface area (Å²) in [4.78, 5) is 4.34. The molecular formula is C12H15BrN2O. The smallest absolute Gasteiger partial charge is 0.209 e. The zero-order valence-electron chi connectivity index (χ0n) is 9.67. The van der Waals surface area contributed by atoms with Gasteiger partial charge in [0.05, 0.1) is 11.0 Å². The van der Waals surface area contributed by atoms with Crippen LogP contribution in [0, 0.1) is 0 Å². The van der Waals surface area contributed by atoms with E-state index in [0.717, 1.165) is 15.6 Å². The van der Waals surface area contributed by atoms with Gasteiger partial charge in [0.15, 0.2) is 5.58 Å². The number of nitrogens with two attached hydrogens (primary N) is 1. The molecule has 0 atom stereocenters. The molecule has 0 radical (unpaired) electrons. The number of benzene rings is 1. The van der Waals surface area contributed by atoms with Crippen LogP contribution in [-0.2, 0) is 12.0 Å². The highest BCUT2D eigenvalue weighted by Crippen LogP contribution is 2.32. The van der Waals surface area contributed by atoms with Gasteiger partial charge in [0.1, 0.15) is 5.52 Å². The van der Waals surface area contributed by atoms with Gasteiger partial charge < -0.3 is 10.2 Å². The van der Waals surface area contributed by atoms with E-state index < -0.39 is 0 Å². The topological polar surface area (TPSA) is 52.0 Å². The largest absolute Gasteiger partial charge is 0.438 e. The SMILES string of the molecule is CC(C)(C)c1cc(Br)c2oc(CN)nc2c1. The van der Waals surface area contributed by atoms with E-state index in [0.29, 0.717) is 12.4 Å². The fourth-order valence-electron chi connectivity index (χ4n) is 1.56. The molecule has 0 aliphatic carbocycles. The first kappa shape index (κ1) is 11.6. The van der Waals surface area contributed by atoms with Crippen LogP contribution in [0.25, 0.3) is 11.1 Å². The van der Waals surface area contributed by atoms with Gasteiger partial charge in [-0.3, -0.25) is 0 Å². The second-order valence-corrected chi connectivity index (χ2v) is 5.72. The van der Waals surface area contributed by atoms with Crippen molar-refractivity contribution in [3.05, 3.63) is 28.1 Å². The molecule has 0 saturated carbocycles. The molecule has 0 aliphatic rings. The van der Waals surface area contributed by atoms with E-state index in [9.17, 15) is 0 Å². The predicted molar refractivity (Wildman–Crippen MR) is 68.3 cm³/mol. The number of rotatable bonds is 1. The highest BCUT2D eigenvalue weighted by Gasteiger charge is 2.17. The number of halogens is 1. The Morgan fingerprint density at radius 2 is 2.06 bits per heavy atom. The van der Waals surface area contributed by atoms with Gasteiger partial charge in [0.25, 0.3) is 0 Å². The highest BCUT2D eigenvalue weighted by molar-refractivity contribution is 9.10. The number of aromatic nitrogens is 1. The molecule has 0 unspecified atom stereocenters. The Hall–Kier alpha value is -0.870. The van der Waals surface area contributed by atoms with Crippen molar-refractivity contribution in [2.24, 2.45) is 5.73 Å². The van der Waals surface area contributed by atoms with Crippen LogP contribution in [0.3, 0.4) is 0 Å². The highest BCUT2D eigenvalue weighted by atomic mass is 79.9. The van der Waals surface area contributed by atoms with Gasteiger partial charge in [-0.05, 0) is 39.0 Å². The molecule has 2 rings (SSSR count). The minimum absolute atomic E-state index is 0.0958. The molecular weight excluding hydrogens is 268 g/mol. The predicted octanol–water partition coefficient (Wildman–Crippen LogP) is 3.35. The number of nitrogens with zero attached hydrogens (tertiary/aromatic N) is 1. The molecule has 1 aromatic carbocycles. The van der Waals surface area contributed by atoms with E-state index >= 15 is 0 Å². The van der Waals surface area contributed by atoms with Crippen molar-refractivity contribution in [2.45, 2.75) is 32.7 Å². The quantitative estimate of drug-likeness (QED) is 0.873. The van der Waals surface area contributed by atoms with Crippen LogP contribution >= 0.6 is 15.9 Å². The van der Waals surface area contributed by atoms with E-state index in [-0.39, 0.29) is 5.41 Å². The van der Waals surface area contributed by atoms with Crippen molar-refractivity contribution in [1.82, 2.24) is 4.98 Å². The fourth-order valence-corrected chi connectivity index (χ4v) is 2.09. The van der Waals surface area contributed by atoms with E-state index in [1.54, 1.807) is 0 Å². The van der Waals surface area contributed by atoms with Crippen LogP contribution < -0.4 is 5.73 Å². The van der Waals surface area contributed by atoms with Gasteiger partial charge >= 0.3 is 0 Å². The van der Waals surface area contributed by atoms with Crippen LogP contribution in [0.4, 0.5) is 0 Å². The lowest BCUT2D eigenvalue weighted by Crippen LogP contribution is -2.10. The molecule has 1 aromatic heterocycles. The maximum atomic E-state index is 5.53. The number of hydrogen-bond donors (Lipinski definition) is 1. The van der Waals surface area contributed by atoms with Crippen LogP contribution in [-0.4, -0.2) is 4.98 Å². The third-order valence-electron chi connectivity index (χ3n) is 2.53. The maximum absolute atomic E-state index is 5.53. The molecule has 3 nitrogen and oxygen atoms in total. The Bertz CT molecular complexity index is 526. The van der Waals surface area contributed by atoms with E-state index in [1.807, 2.05) is 0 Å². The normalized spacial score (nSPS) is 12.3. The number of fused-ring (bicyclic) bond motifs is 1. The molecule has 1 heterocycles. The van der Waals surface area contributed by atoms with Crippen molar-refractivity contribution < 1.29 is 4.42 Å². The summed E-state index contributed by atoms with van der Waals surface area (Å²) in [6, 6.07) is 4.14. The van der Waals surface area contributed by atoms with Crippen molar-refractivity contribution >= 4 is 27.0 Å². The summed E-state index contributed by atoms with van der Waals surface area (Å²) in [6.07, 6.45) is 0. The van der Waals surface area contributed by atoms with Gasteiger partial charge in [0.2, 0.25) is 5.89 Å². The summed E-state index contributed by atoms with van der Waals surface area (Å²) in [5.74, 6) is 0.571. The molecule has 0 spiro atoms. The maximum Gasteiger partial charge on any atom is 0.209 e. The Labute approximate surface area is 103 Å². The fraction of sp³-hybridized carbons (Fsp3) is 0.417. The third-order valence-corrected chi connectivity index (χ3v) is 3.12. The van der Waals surface area contributed by atoms with Crippen molar-refractivity contribution in [2.75, 3.05) is 0 Å². The van der Waals surface area contributed by atoms with Crippen LogP contribution in [0.5, 0.6) is 0 Å². The summed E-state index contributed by atoms with van der Waals surface area (Å²) in [5.41, 5.74) is 8.47. The zero-order chi connectivity index (χ0) is 11.9. The Kier molecular flexibility index (Phi) is 2.80. The molecule has 4 heteroatoms. The van der Waals surface area contributed by atoms with E-state index in [2.05, 4.69) is 53.8 Å². The number of oxazole rings is 1. The molecule has 0 aliphatic heterocycles. The van der Waals surface area contributed by atoms with Gasteiger partial charge in [-0.2, -0.15) is 0 Å². The monoisotopic (exact) mass is 282 g/mol. The summed E-state index contributed by atoms with van der Waals surface area (Å²) in [5, 5.41) is 0. The van der Waals surface area contributed by atoms with Crippen molar-refractivity contribution in [1.29, 1.82) is 0 Å². The first-order valence-electron chi connectivity index (χ1n) is 5.21. The first-order chi connectivity index (χ1) is 7.41. The average molecular weight is 283 g/mol. The molecule has 0 saturated heterocycles. The lowest BCUT2D eigenvalue weighted by molar-refractivity contribution is 0.531. The lowest BCUT2D eigenvalue weighted by Gasteiger charge is -2.18. The van der Waals surface area contributed by atoms with E-state index in [4.69, 9.17) is 10.2 Å².